The average molecular weight is 269 g/mol. The molecule has 0 saturated carbocycles. The van der Waals surface area contributed by atoms with Gasteiger partial charge in [0.15, 0.2) is 0 Å². The third kappa shape index (κ3) is 2.67. The number of nitrogens with zero attached hydrogens (tertiary/aromatic N) is 1. The van der Waals surface area contributed by atoms with Crippen molar-refractivity contribution >= 4 is 5.91 Å². The van der Waals surface area contributed by atoms with Crippen LogP contribution in [0.4, 0.5) is 0 Å². The molecule has 0 unspecified atom stereocenters. The van der Waals surface area contributed by atoms with Gasteiger partial charge in [-0.1, -0.05) is 24.3 Å². The summed E-state index contributed by atoms with van der Waals surface area (Å²) in [6.45, 7) is 2.06. The van der Waals surface area contributed by atoms with E-state index in [1.807, 2.05) is 24.3 Å². The van der Waals surface area contributed by atoms with Gasteiger partial charge in [0.25, 0.3) is 5.91 Å². The maximum absolute atomic E-state index is 12.0. The predicted octanol–water partition coefficient (Wildman–Crippen LogP) is 3.37. The SMILES string of the molecule is COc1cc(C(=O)N(C)C)ccc1-c1ccccc1C. The summed E-state index contributed by atoms with van der Waals surface area (Å²) in [5.74, 6) is 0.687. The van der Waals surface area contributed by atoms with Crippen LogP contribution >= 0.6 is 0 Å². The van der Waals surface area contributed by atoms with Gasteiger partial charge in [0.05, 0.1) is 7.11 Å². The highest BCUT2D eigenvalue weighted by Gasteiger charge is 2.13. The summed E-state index contributed by atoms with van der Waals surface area (Å²) in [6, 6.07) is 13.7. The first-order valence-corrected chi connectivity index (χ1v) is 6.50. The number of benzene rings is 2. The summed E-state index contributed by atoms with van der Waals surface area (Å²) in [4.78, 5) is 13.6. The van der Waals surface area contributed by atoms with Crippen LogP contribution in [0.1, 0.15) is 15.9 Å². The summed E-state index contributed by atoms with van der Waals surface area (Å²) in [5.41, 5.74) is 3.93. The third-order valence-electron chi connectivity index (χ3n) is 3.29. The third-order valence-corrected chi connectivity index (χ3v) is 3.29. The molecular weight excluding hydrogens is 250 g/mol. The van der Waals surface area contributed by atoms with Crippen LogP contribution in [0.25, 0.3) is 11.1 Å². The molecule has 2 aromatic carbocycles. The molecule has 2 aromatic rings. The van der Waals surface area contributed by atoms with E-state index in [0.29, 0.717) is 11.3 Å². The van der Waals surface area contributed by atoms with Gasteiger partial charge in [0.2, 0.25) is 0 Å². The standard InChI is InChI=1S/C17H19NO2/c1-12-7-5-6-8-14(12)15-10-9-13(11-16(15)20-4)17(19)18(2)3/h5-11H,1-4H3. The Bertz CT molecular complexity index is 633. The Labute approximate surface area is 119 Å². The number of carbonyl (C=O) groups excluding carboxylic acids is 1. The molecule has 0 heterocycles. The van der Waals surface area contributed by atoms with Crippen molar-refractivity contribution in [1.82, 2.24) is 4.90 Å². The van der Waals surface area contributed by atoms with Gasteiger partial charge in [0, 0.05) is 25.2 Å². The van der Waals surface area contributed by atoms with Gasteiger partial charge in [0.1, 0.15) is 5.75 Å². The molecule has 0 spiro atoms. The van der Waals surface area contributed by atoms with Gasteiger partial charge in [-0.3, -0.25) is 4.79 Å². The fourth-order valence-corrected chi connectivity index (χ4v) is 2.18. The number of ether oxygens (including phenoxy) is 1. The van der Waals surface area contributed by atoms with E-state index in [1.165, 1.54) is 5.56 Å². The number of carbonyl (C=O) groups is 1. The van der Waals surface area contributed by atoms with E-state index in [0.717, 1.165) is 11.1 Å². The van der Waals surface area contributed by atoms with Crippen molar-refractivity contribution in [2.24, 2.45) is 0 Å². The number of hydrogen-bond acceptors (Lipinski definition) is 2. The van der Waals surface area contributed by atoms with E-state index >= 15 is 0 Å². The maximum atomic E-state index is 12.0. The smallest absolute Gasteiger partial charge is 0.253 e. The molecule has 0 saturated heterocycles. The van der Waals surface area contributed by atoms with Crippen molar-refractivity contribution in [3.63, 3.8) is 0 Å². The fourth-order valence-electron chi connectivity index (χ4n) is 2.18. The fraction of sp³-hybridized carbons (Fsp3) is 0.235. The first-order chi connectivity index (χ1) is 9.54. The molecule has 0 radical (unpaired) electrons. The number of rotatable bonds is 3. The monoisotopic (exact) mass is 269 g/mol. The molecule has 0 aliphatic carbocycles. The first kappa shape index (κ1) is 14.1. The van der Waals surface area contributed by atoms with Crippen molar-refractivity contribution in [1.29, 1.82) is 0 Å². The molecule has 2 rings (SSSR count). The van der Waals surface area contributed by atoms with Crippen LogP contribution in [-0.2, 0) is 0 Å². The lowest BCUT2D eigenvalue weighted by atomic mass is 9.98. The topological polar surface area (TPSA) is 29.5 Å². The highest BCUT2D eigenvalue weighted by molar-refractivity contribution is 5.95. The molecule has 3 nitrogen and oxygen atoms in total. The Morgan fingerprint density at radius 2 is 1.75 bits per heavy atom. The zero-order valence-corrected chi connectivity index (χ0v) is 12.3. The minimum absolute atomic E-state index is 0.0281. The second-order valence-electron chi connectivity index (χ2n) is 4.93. The molecule has 104 valence electrons. The summed E-state index contributed by atoms with van der Waals surface area (Å²) >= 11 is 0. The zero-order chi connectivity index (χ0) is 14.7. The lowest BCUT2D eigenvalue weighted by Gasteiger charge is -2.14. The molecule has 0 fully saturated rings. The minimum Gasteiger partial charge on any atom is -0.496 e. The molecule has 0 atom stereocenters. The van der Waals surface area contributed by atoms with Gasteiger partial charge in [-0.05, 0) is 36.2 Å². The van der Waals surface area contributed by atoms with E-state index in [-0.39, 0.29) is 5.91 Å². The van der Waals surface area contributed by atoms with E-state index in [9.17, 15) is 4.79 Å². The summed E-state index contributed by atoms with van der Waals surface area (Å²) < 4.78 is 5.45. The number of methoxy groups -OCH3 is 1. The van der Waals surface area contributed by atoms with Crippen LogP contribution in [0.2, 0.25) is 0 Å². The molecule has 0 bridgehead atoms. The van der Waals surface area contributed by atoms with Gasteiger partial charge in [-0.15, -0.1) is 0 Å². The van der Waals surface area contributed by atoms with Crippen LogP contribution in [0.5, 0.6) is 5.75 Å². The summed E-state index contributed by atoms with van der Waals surface area (Å²) in [7, 11) is 5.11. The summed E-state index contributed by atoms with van der Waals surface area (Å²) in [5, 5.41) is 0. The van der Waals surface area contributed by atoms with Gasteiger partial charge in [-0.2, -0.15) is 0 Å². The largest absolute Gasteiger partial charge is 0.496 e. The van der Waals surface area contributed by atoms with Crippen molar-refractivity contribution in [3.8, 4) is 16.9 Å². The minimum atomic E-state index is -0.0281. The maximum Gasteiger partial charge on any atom is 0.253 e. The number of aryl methyl sites for hydroxylation is 1. The van der Waals surface area contributed by atoms with Crippen LogP contribution in [-0.4, -0.2) is 32.0 Å². The molecule has 0 N–H and O–H groups in total. The average Bonchev–Trinajstić information content (AvgIpc) is 2.46. The van der Waals surface area contributed by atoms with Crippen LogP contribution in [0, 0.1) is 6.92 Å². The lowest BCUT2D eigenvalue weighted by molar-refractivity contribution is 0.0827. The molecule has 20 heavy (non-hydrogen) atoms. The second-order valence-corrected chi connectivity index (χ2v) is 4.93. The Hall–Kier alpha value is -2.29. The quantitative estimate of drug-likeness (QED) is 0.855. The molecule has 3 heteroatoms. The highest BCUT2D eigenvalue weighted by Crippen LogP contribution is 2.33. The number of hydrogen-bond donors (Lipinski definition) is 0. The van der Waals surface area contributed by atoms with Crippen molar-refractivity contribution in [2.45, 2.75) is 6.92 Å². The molecule has 0 aromatic heterocycles. The van der Waals surface area contributed by atoms with E-state index in [2.05, 4.69) is 19.1 Å². The molecule has 0 aliphatic rings. The van der Waals surface area contributed by atoms with Crippen LogP contribution < -0.4 is 4.74 Å². The van der Waals surface area contributed by atoms with E-state index in [1.54, 1.807) is 32.2 Å². The zero-order valence-electron chi connectivity index (χ0n) is 12.3. The van der Waals surface area contributed by atoms with Crippen molar-refractivity contribution in [3.05, 3.63) is 53.6 Å². The molecule has 1 amide bonds. The predicted molar refractivity (Wildman–Crippen MR) is 81.2 cm³/mol. The Morgan fingerprint density at radius 3 is 2.35 bits per heavy atom. The van der Waals surface area contributed by atoms with Gasteiger partial charge >= 0.3 is 0 Å². The first-order valence-electron chi connectivity index (χ1n) is 6.50. The van der Waals surface area contributed by atoms with Crippen LogP contribution in [0.3, 0.4) is 0 Å². The summed E-state index contributed by atoms with van der Waals surface area (Å²) in [6.07, 6.45) is 0. The molecule has 0 aliphatic heterocycles. The Balaban J connectivity index is 2.52. The highest BCUT2D eigenvalue weighted by atomic mass is 16.5. The Morgan fingerprint density at radius 1 is 1.05 bits per heavy atom. The van der Waals surface area contributed by atoms with Crippen molar-refractivity contribution < 1.29 is 9.53 Å². The Kier molecular flexibility index (Phi) is 4.08. The lowest BCUT2D eigenvalue weighted by Crippen LogP contribution is -2.21. The van der Waals surface area contributed by atoms with Gasteiger partial charge < -0.3 is 9.64 Å². The van der Waals surface area contributed by atoms with Crippen LogP contribution in [0.15, 0.2) is 42.5 Å². The normalized spacial score (nSPS) is 10.2. The van der Waals surface area contributed by atoms with Crippen molar-refractivity contribution in [2.75, 3.05) is 21.2 Å². The molecular formula is C17H19NO2. The second kappa shape index (κ2) is 5.78. The van der Waals surface area contributed by atoms with Gasteiger partial charge in [-0.25, -0.2) is 0 Å². The van der Waals surface area contributed by atoms with E-state index in [4.69, 9.17) is 4.74 Å². The number of amides is 1. The van der Waals surface area contributed by atoms with E-state index < -0.39 is 0 Å².